The van der Waals surface area contributed by atoms with E-state index in [1.165, 1.54) is 11.3 Å². The van der Waals surface area contributed by atoms with E-state index in [1.807, 2.05) is 48.5 Å². The van der Waals surface area contributed by atoms with E-state index >= 15 is 0 Å². The van der Waals surface area contributed by atoms with Crippen LogP contribution in [0.4, 0.5) is 5.13 Å². The molecule has 0 spiro atoms. The van der Waals surface area contributed by atoms with Crippen molar-refractivity contribution in [2.75, 3.05) is 4.90 Å². The summed E-state index contributed by atoms with van der Waals surface area (Å²) in [6.07, 6.45) is 1.89. The van der Waals surface area contributed by atoms with Crippen LogP contribution in [0.2, 0.25) is 10.0 Å². The summed E-state index contributed by atoms with van der Waals surface area (Å²) in [6.45, 7) is 0.321. The van der Waals surface area contributed by atoms with Crippen LogP contribution >= 0.6 is 34.5 Å². The number of anilines is 1. The molecule has 0 bridgehead atoms. The molecule has 2 aromatic carbocycles. The molecule has 4 aromatic rings. The SMILES string of the molecule is O=C(Cc1ccccc1Cl)N(Cc1ccccn1)c1nc2c(Cl)cccc2s1. The second-order valence-corrected chi connectivity index (χ2v) is 7.98. The molecule has 0 unspecified atom stereocenters. The average Bonchev–Trinajstić information content (AvgIpc) is 3.14. The van der Waals surface area contributed by atoms with Gasteiger partial charge in [-0.15, -0.1) is 0 Å². The predicted molar refractivity (Wildman–Crippen MR) is 115 cm³/mol. The quantitative estimate of drug-likeness (QED) is 0.405. The van der Waals surface area contributed by atoms with E-state index in [1.54, 1.807) is 23.2 Å². The Morgan fingerprint density at radius 1 is 0.964 bits per heavy atom. The van der Waals surface area contributed by atoms with Crippen molar-refractivity contribution in [2.45, 2.75) is 13.0 Å². The lowest BCUT2D eigenvalue weighted by atomic mass is 10.1. The van der Waals surface area contributed by atoms with Crippen LogP contribution in [0.5, 0.6) is 0 Å². The second kappa shape index (κ2) is 8.27. The summed E-state index contributed by atoms with van der Waals surface area (Å²) in [5.41, 5.74) is 2.25. The van der Waals surface area contributed by atoms with Gasteiger partial charge in [-0.05, 0) is 35.9 Å². The van der Waals surface area contributed by atoms with Gasteiger partial charge in [0.15, 0.2) is 5.13 Å². The third kappa shape index (κ3) is 4.02. The van der Waals surface area contributed by atoms with E-state index in [0.717, 1.165) is 16.0 Å². The molecule has 0 fully saturated rings. The number of carbonyl (C=O) groups excluding carboxylic acids is 1. The summed E-state index contributed by atoms with van der Waals surface area (Å²) in [7, 11) is 0. The molecule has 0 aliphatic heterocycles. The van der Waals surface area contributed by atoms with Gasteiger partial charge in [0.25, 0.3) is 0 Å². The molecular weight excluding hydrogens is 413 g/mol. The van der Waals surface area contributed by atoms with Crippen molar-refractivity contribution in [3.8, 4) is 0 Å². The molecule has 4 rings (SSSR count). The molecule has 0 N–H and O–H groups in total. The molecule has 0 aliphatic rings. The first-order valence-electron chi connectivity index (χ1n) is 8.60. The summed E-state index contributed by atoms with van der Waals surface area (Å²) >= 11 is 14.0. The molecule has 0 atom stereocenters. The lowest BCUT2D eigenvalue weighted by Crippen LogP contribution is -2.32. The number of para-hydroxylation sites is 1. The first-order valence-corrected chi connectivity index (χ1v) is 10.2. The molecule has 1 amide bonds. The number of pyridine rings is 1. The first-order chi connectivity index (χ1) is 13.6. The van der Waals surface area contributed by atoms with E-state index in [4.69, 9.17) is 23.2 Å². The maximum Gasteiger partial charge on any atom is 0.233 e. The number of thiazole rings is 1. The van der Waals surface area contributed by atoms with Crippen LogP contribution in [0, 0.1) is 0 Å². The van der Waals surface area contributed by atoms with Crippen LogP contribution in [0.1, 0.15) is 11.3 Å². The largest absolute Gasteiger partial charge is 0.282 e. The van der Waals surface area contributed by atoms with Crippen molar-refractivity contribution in [1.82, 2.24) is 9.97 Å². The van der Waals surface area contributed by atoms with Crippen molar-refractivity contribution >= 4 is 55.8 Å². The monoisotopic (exact) mass is 427 g/mol. The molecule has 0 saturated heterocycles. The highest BCUT2D eigenvalue weighted by Gasteiger charge is 2.22. The Hall–Kier alpha value is -2.47. The number of hydrogen-bond donors (Lipinski definition) is 0. The van der Waals surface area contributed by atoms with E-state index in [0.29, 0.717) is 27.2 Å². The highest BCUT2D eigenvalue weighted by atomic mass is 35.5. The number of aromatic nitrogens is 2. The zero-order valence-corrected chi connectivity index (χ0v) is 17.0. The number of hydrogen-bond acceptors (Lipinski definition) is 4. The number of fused-ring (bicyclic) bond motifs is 1. The minimum Gasteiger partial charge on any atom is -0.282 e. The van der Waals surface area contributed by atoms with Crippen molar-refractivity contribution in [2.24, 2.45) is 0 Å². The Labute approximate surface area is 176 Å². The fourth-order valence-corrected chi connectivity index (χ4v) is 4.32. The minimum atomic E-state index is -0.103. The van der Waals surface area contributed by atoms with Gasteiger partial charge in [-0.2, -0.15) is 0 Å². The standard InChI is InChI=1S/C21H15Cl2N3OS/c22-16-8-2-1-6-14(16)12-19(27)26(13-15-7-3-4-11-24-15)21-25-20-17(23)9-5-10-18(20)28-21/h1-11H,12-13H2. The molecule has 4 nitrogen and oxygen atoms in total. The molecular formula is C21H15Cl2N3OS. The Kier molecular flexibility index (Phi) is 5.57. The number of nitrogens with zero attached hydrogens (tertiary/aromatic N) is 3. The van der Waals surface area contributed by atoms with Crippen molar-refractivity contribution in [3.05, 3.63) is 88.2 Å². The van der Waals surface area contributed by atoms with Gasteiger partial charge in [-0.3, -0.25) is 14.7 Å². The van der Waals surface area contributed by atoms with Crippen molar-refractivity contribution in [3.63, 3.8) is 0 Å². The van der Waals surface area contributed by atoms with E-state index < -0.39 is 0 Å². The van der Waals surface area contributed by atoms with Gasteiger partial charge < -0.3 is 0 Å². The van der Waals surface area contributed by atoms with Gasteiger partial charge in [-0.25, -0.2) is 4.98 Å². The summed E-state index contributed by atoms with van der Waals surface area (Å²) < 4.78 is 0.930. The third-order valence-corrected chi connectivity index (χ3v) is 5.95. The van der Waals surface area contributed by atoms with Crippen LogP contribution in [-0.4, -0.2) is 15.9 Å². The Morgan fingerprint density at radius 3 is 2.50 bits per heavy atom. The molecule has 140 valence electrons. The lowest BCUT2D eigenvalue weighted by molar-refractivity contribution is -0.118. The zero-order valence-electron chi connectivity index (χ0n) is 14.7. The maximum absolute atomic E-state index is 13.2. The number of carbonyl (C=O) groups is 1. The van der Waals surface area contributed by atoms with Gasteiger partial charge in [-0.1, -0.05) is 64.9 Å². The van der Waals surface area contributed by atoms with Crippen molar-refractivity contribution in [1.29, 1.82) is 0 Å². The van der Waals surface area contributed by atoms with Gasteiger partial charge in [0.05, 0.1) is 28.4 Å². The third-order valence-electron chi connectivity index (χ3n) is 4.24. The molecule has 2 heterocycles. The Balaban J connectivity index is 1.71. The number of rotatable bonds is 5. The Bertz CT molecular complexity index is 1130. The highest BCUT2D eigenvalue weighted by molar-refractivity contribution is 7.22. The summed E-state index contributed by atoms with van der Waals surface area (Å²) in [5.74, 6) is -0.103. The van der Waals surface area contributed by atoms with Crippen LogP contribution in [0.15, 0.2) is 66.9 Å². The second-order valence-electron chi connectivity index (χ2n) is 6.15. The van der Waals surface area contributed by atoms with Gasteiger partial charge >= 0.3 is 0 Å². The molecule has 0 radical (unpaired) electrons. The van der Waals surface area contributed by atoms with E-state index in [2.05, 4.69) is 9.97 Å². The normalized spacial score (nSPS) is 10.9. The van der Waals surface area contributed by atoms with Crippen molar-refractivity contribution < 1.29 is 4.79 Å². The minimum absolute atomic E-state index is 0.103. The lowest BCUT2D eigenvalue weighted by Gasteiger charge is -2.20. The number of amides is 1. The van der Waals surface area contributed by atoms with Gasteiger partial charge in [0, 0.05) is 11.2 Å². The molecule has 0 saturated carbocycles. The van der Waals surface area contributed by atoms with E-state index in [9.17, 15) is 4.79 Å². The predicted octanol–water partition coefficient (Wildman–Crippen LogP) is 5.77. The first kappa shape index (κ1) is 18.9. The van der Waals surface area contributed by atoms with Gasteiger partial charge in [0.1, 0.15) is 5.52 Å². The fourth-order valence-electron chi connectivity index (χ4n) is 2.83. The topological polar surface area (TPSA) is 46.1 Å². The molecule has 28 heavy (non-hydrogen) atoms. The summed E-state index contributed by atoms with van der Waals surface area (Å²) in [5, 5.41) is 1.73. The van der Waals surface area contributed by atoms with Crippen LogP contribution < -0.4 is 4.90 Å². The molecule has 0 aliphatic carbocycles. The Morgan fingerprint density at radius 2 is 1.75 bits per heavy atom. The van der Waals surface area contributed by atoms with Gasteiger partial charge in [0.2, 0.25) is 5.91 Å². The summed E-state index contributed by atoms with van der Waals surface area (Å²) in [6, 6.07) is 18.6. The van der Waals surface area contributed by atoms with Crippen LogP contribution in [0.3, 0.4) is 0 Å². The average molecular weight is 428 g/mol. The maximum atomic E-state index is 13.2. The van der Waals surface area contributed by atoms with Crippen LogP contribution in [0.25, 0.3) is 10.2 Å². The highest BCUT2D eigenvalue weighted by Crippen LogP contribution is 2.33. The summed E-state index contributed by atoms with van der Waals surface area (Å²) in [4.78, 5) is 23.8. The number of halogens is 2. The number of benzene rings is 2. The fraction of sp³-hybridized carbons (Fsp3) is 0.0952. The molecule has 2 aromatic heterocycles. The smallest absolute Gasteiger partial charge is 0.233 e. The van der Waals surface area contributed by atoms with Crippen LogP contribution in [-0.2, 0) is 17.8 Å². The van der Waals surface area contributed by atoms with E-state index in [-0.39, 0.29) is 12.3 Å². The molecule has 7 heteroatoms. The zero-order chi connectivity index (χ0) is 19.5.